The Morgan fingerprint density at radius 3 is 0.216 bits per heavy atom. The van der Waals surface area contributed by atoms with Crippen molar-refractivity contribution in [2.24, 2.45) is 43.3 Å². The van der Waals surface area contributed by atoms with Crippen molar-refractivity contribution in [1.29, 1.82) is 0 Å². The molecule has 8 fully saturated rings. The second-order valence-electron chi connectivity index (χ2n) is 30.2. The second kappa shape index (κ2) is 43.5. The molecule has 512 valence electrons. The van der Waals surface area contributed by atoms with E-state index in [4.69, 9.17) is 0 Å². The molecule has 88 heavy (non-hydrogen) atoms. The molecule has 0 aliphatic heterocycles. The topological polar surface area (TPSA) is 273 Å². The van der Waals surface area contributed by atoms with Gasteiger partial charge < -0.3 is 0 Å². The summed E-state index contributed by atoms with van der Waals surface area (Å²) in [6, 6.07) is 0. The normalized spacial score (nSPS) is 22.7. The van der Waals surface area contributed by atoms with E-state index in [0.717, 1.165) is 0 Å². The highest BCUT2D eigenvalue weighted by atomic mass is 79.9. The molecular weight excluding hydrogens is 1660 g/mol. The lowest BCUT2D eigenvalue weighted by atomic mass is 9.76. The van der Waals surface area contributed by atoms with Crippen molar-refractivity contribution in [1.82, 2.24) is 0 Å². The van der Waals surface area contributed by atoms with Crippen molar-refractivity contribution < 1.29 is 76.7 Å². The summed E-state index contributed by atoms with van der Waals surface area (Å²) in [4.78, 5) is 174. The molecule has 0 heterocycles. The van der Waals surface area contributed by atoms with Crippen LogP contribution < -0.4 is 0 Å². The standard InChI is InChI=1S/8C8H12O2.8BrH/c8*1-8(2)4-6(9)3-7(10)5-8;;;;;;;;/h8*3-5H2,1-2H3;8*1H. The maximum atomic E-state index is 10.9. The molecule has 0 saturated heterocycles. The van der Waals surface area contributed by atoms with Gasteiger partial charge in [-0.25, -0.2) is 0 Å². The molecule has 16 nitrogen and oxygen atoms in total. The maximum Gasteiger partial charge on any atom is 0.140 e. The van der Waals surface area contributed by atoms with Gasteiger partial charge in [-0.2, -0.15) is 0 Å². The number of Topliss-reactive ketones (excluding diaryl/α,β-unsaturated/α-hetero) is 16. The molecule has 0 N–H and O–H groups in total. The first-order chi connectivity index (χ1) is 36.0. The van der Waals surface area contributed by atoms with Gasteiger partial charge in [0.1, 0.15) is 92.5 Å². The summed E-state index contributed by atoms with van der Waals surface area (Å²) in [6.07, 6.45) is 10.5. The van der Waals surface area contributed by atoms with Gasteiger partial charge in [0.25, 0.3) is 0 Å². The number of carbonyl (C=O) groups excluding carboxylic acids is 16. The first-order valence-electron chi connectivity index (χ1n) is 28.2. The highest BCUT2D eigenvalue weighted by Gasteiger charge is 2.37. The molecule has 8 aliphatic carbocycles. The molecule has 0 amide bonds. The largest absolute Gasteiger partial charge is 0.299 e. The van der Waals surface area contributed by atoms with Gasteiger partial charge in [0.05, 0.1) is 51.4 Å². The van der Waals surface area contributed by atoms with Crippen molar-refractivity contribution in [3.63, 3.8) is 0 Å². The fourth-order valence-corrected chi connectivity index (χ4v) is 11.8. The minimum absolute atomic E-state index is 0. The van der Waals surface area contributed by atoms with Crippen LogP contribution >= 0.6 is 136 Å². The fraction of sp³-hybridized carbons (Fsp3) is 0.750. The molecule has 0 aromatic rings. The predicted molar refractivity (Wildman–Crippen MR) is 384 cm³/mol. The van der Waals surface area contributed by atoms with Gasteiger partial charge in [-0.3, -0.25) is 76.7 Å². The van der Waals surface area contributed by atoms with E-state index in [-0.39, 0.29) is 323 Å². The minimum Gasteiger partial charge on any atom is -0.299 e. The number of hydrogen-bond donors (Lipinski definition) is 0. The predicted octanol–water partition coefficient (Wildman–Crippen LogP) is 15.3. The summed E-state index contributed by atoms with van der Waals surface area (Å²) in [5.41, 5.74) is -0.616. The summed E-state index contributed by atoms with van der Waals surface area (Å²) < 4.78 is 0. The van der Waals surface area contributed by atoms with E-state index >= 15 is 0 Å². The van der Waals surface area contributed by atoms with Crippen LogP contribution in [0, 0.1) is 43.3 Å². The Balaban J connectivity index is -0.000000137. The first kappa shape index (κ1) is 103. The van der Waals surface area contributed by atoms with Crippen LogP contribution in [0.1, 0.15) is 265 Å². The van der Waals surface area contributed by atoms with Gasteiger partial charge in [-0.15, -0.1) is 136 Å². The van der Waals surface area contributed by atoms with Gasteiger partial charge in [-0.05, 0) is 43.3 Å². The SMILES string of the molecule is Br.Br.Br.Br.Br.Br.Br.Br.CC1(C)CC(=O)CC(=O)C1.CC1(C)CC(=O)CC(=O)C1.CC1(C)CC(=O)CC(=O)C1.CC1(C)CC(=O)CC(=O)C1.CC1(C)CC(=O)CC(=O)C1.CC1(C)CC(=O)CC(=O)C1.CC1(C)CC(=O)CC(=O)C1.CC1(C)CC(=O)CC(=O)C1. The number of rotatable bonds is 0. The summed E-state index contributed by atoms with van der Waals surface area (Å²) in [6.45, 7) is 31.4. The van der Waals surface area contributed by atoms with Crippen LogP contribution in [-0.2, 0) is 76.7 Å². The lowest BCUT2D eigenvalue weighted by Gasteiger charge is -2.26. The Hall–Kier alpha value is -1.44. The molecule has 0 unspecified atom stereocenters. The molecule has 0 aromatic carbocycles. The van der Waals surface area contributed by atoms with Crippen LogP contribution in [0.4, 0.5) is 0 Å². The fourth-order valence-electron chi connectivity index (χ4n) is 11.8. The summed E-state index contributed by atoms with van der Waals surface area (Å²) in [5.74, 6) is 1.57. The Morgan fingerprint density at radius 1 is 0.136 bits per heavy atom. The zero-order chi connectivity index (χ0) is 62.2. The Bertz CT molecular complexity index is 1840. The van der Waals surface area contributed by atoms with Gasteiger partial charge in [0.15, 0.2) is 0 Å². The zero-order valence-corrected chi connectivity index (χ0v) is 68.5. The Morgan fingerprint density at radius 2 is 0.182 bits per heavy atom. The van der Waals surface area contributed by atoms with Gasteiger partial charge >= 0.3 is 0 Å². The van der Waals surface area contributed by atoms with E-state index in [1.165, 1.54) is 0 Å². The highest BCUT2D eigenvalue weighted by molar-refractivity contribution is 8.93. The first-order valence-corrected chi connectivity index (χ1v) is 28.2. The molecule has 8 aliphatic rings. The van der Waals surface area contributed by atoms with Crippen molar-refractivity contribution in [3.05, 3.63) is 0 Å². The molecule has 0 spiro atoms. The summed E-state index contributed by atoms with van der Waals surface area (Å²) in [5, 5.41) is 0. The molecule has 24 heteroatoms. The summed E-state index contributed by atoms with van der Waals surface area (Å²) in [7, 11) is 0. The van der Waals surface area contributed by atoms with Crippen molar-refractivity contribution in [2.75, 3.05) is 0 Å². The quantitative estimate of drug-likeness (QED) is 0.204. The Kier molecular flexibility index (Phi) is 50.8. The van der Waals surface area contributed by atoms with Crippen LogP contribution in [-0.4, -0.2) is 92.5 Å². The van der Waals surface area contributed by atoms with Gasteiger partial charge in [0, 0.05) is 103 Å². The average molecular weight is 1770 g/mol. The average Bonchev–Trinajstić information content (AvgIpc) is 3.12. The van der Waals surface area contributed by atoms with E-state index in [2.05, 4.69) is 0 Å². The second-order valence-corrected chi connectivity index (χ2v) is 30.2. The van der Waals surface area contributed by atoms with E-state index in [9.17, 15) is 76.7 Å². The van der Waals surface area contributed by atoms with Crippen molar-refractivity contribution >= 4 is 228 Å². The molecule has 8 saturated carbocycles. The van der Waals surface area contributed by atoms with Crippen LogP contribution in [0.25, 0.3) is 0 Å². The van der Waals surface area contributed by atoms with E-state index in [0.29, 0.717) is 103 Å². The summed E-state index contributed by atoms with van der Waals surface area (Å²) >= 11 is 0. The van der Waals surface area contributed by atoms with Gasteiger partial charge in [0.2, 0.25) is 0 Å². The third-order valence-corrected chi connectivity index (χ3v) is 14.0. The molecule has 0 aromatic heterocycles. The highest BCUT2D eigenvalue weighted by Crippen LogP contribution is 2.36. The lowest BCUT2D eigenvalue weighted by Crippen LogP contribution is -2.28. The van der Waals surface area contributed by atoms with E-state index < -0.39 is 0 Å². The van der Waals surface area contributed by atoms with Crippen LogP contribution in [0.15, 0.2) is 0 Å². The van der Waals surface area contributed by atoms with Crippen LogP contribution in [0.2, 0.25) is 0 Å². The lowest BCUT2D eigenvalue weighted by molar-refractivity contribution is -0.135. The third-order valence-electron chi connectivity index (χ3n) is 14.0. The van der Waals surface area contributed by atoms with Crippen LogP contribution in [0.3, 0.4) is 0 Å². The third kappa shape index (κ3) is 48.3. The molecular formula is C64H104Br8O16. The molecule has 8 rings (SSSR count). The minimum atomic E-state index is -0.0770. The number of hydrogen-bond acceptors (Lipinski definition) is 16. The molecule has 0 radical (unpaired) electrons. The monoisotopic (exact) mass is 1760 g/mol. The van der Waals surface area contributed by atoms with E-state index in [1.807, 2.05) is 111 Å². The smallest absolute Gasteiger partial charge is 0.140 e. The number of ketones is 16. The van der Waals surface area contributed by atoms with Crippen molar-refractivity contribution in [3.8, 4) is 0 Å². The number of halogens is 8. The number of carbonyl (C=O) groups is 16. The Labute approximate surface area is 607 Å². The van der Waals surface area contributed by atoms with Crippen LogP contribution in [0.5, 0.6) is 0 Å². The van der Waals surface area contributed by atoms with Crippen molar-refractivity contribution in [2.45, 2.75) is 265 Å². The molecule has 0 bridgehead atoms. The zero-order valence-electron chi connectivity index (χ0n) is 54.8. The van der Waals surface area contributed by atoms with E-state index in [1.54, 1.807) is 0 Å². The maximum absolute atomic E-state index is 10.9. The van der Waals surface area contributed by atoms with Gasteiger partial charge in [-0.1, -0.05) is 111 Å². The molecule has 0 atom stereocenters.